The van der Waals surface area contributed by atoms with E-state index in [-0.39, 0.29) is 17.5 Å². The van der Waals surface area contributed by atoms with Crippen LogP contribution < -0.4 is 5.32 Å². The predicted octanol–water partition coefficient (Wildman–Crippen LogP) is 2.56. The molecule has 0 aromatic carbocycles. The van der Waals surface area contributed by atoms with Gasteiger partial charge in [-0.1, -0.05) is 6.92 Å². The molecule has 0 aromatic rings. The van der Waals surface area contributed by atoms with Gasteiger partial charge in [0.15, 0.2) is 0 Å². The Morgan fingerprint density at radius 3 is 2.82 bits per heavy atom. The first-order chi connectivity index (χ1) is 8.01. The van der Waals surface area contributed by atoms with Gasteiger partial charge in [-0.15, -0.1) is 0 Å². The molecule has 1 aliphatic rings. The van der Waals surface area contributed by atoms with E-state index < -0.39 is 5.51 Å². The number of halogens is 3. The van der Waals surface area contributed by atoms with Gasteiger partial charge in [0.25, 0.3) is 0 Å². The van der Waals surface area contributed by atoms with Crippen LogP contribution in [-0.4, -0.2) is 48.9 Å². The van der Waals surface area contributed by atoms with Crippen molar-refractivity contribution in [3.05, 3.63) is 0 Å². The Bertz CT molecular complexity index is 211. The molecule has 1 aliphatic heterocycles. The number of hydrogen-bond acceptors (Lipinski definition) is 3. The highest BCUT2D eigenvalue weighted by atomic mass is 32.2. The van der Waals surface area contributed by atoms with Crippen molar-refractivity contribution >= 4 is 11.8 Å². The number of likely N-dealkylation sites (tertiary alicyclic amines) is 1. The summed E-state index contributed by atoms with van der Waals surface area (Å²) in [7, 11) is 0. The second-order valence-corrected chi connectivity index (χ2v) is 5.57. The lowest BCUT2D eigenvalue weighted by atomic mass is 9.98. The number of hydrogen-bond donors (Lipinski definition) is 1. The van der Waals surface area contributed by atoms with Crippen molar-refractivity contribution in [2.75, 3.05) is 38.5 Å². The maximum atomic E-state index is 12.0. The monoisotopic (exact) mass is 270 g/mol. The molecule has 102 valence electrons. The molecule has 0 radical (unpaired) electrons. The summed E-state index contributed by atoms with van der Waals surface area (Å²) in [6.45, 7) is 6.44. The predicted molar refractivity (Wildman–Crippen MR) is 66.2 cm³/mol. The lowest BCUT2D eigenvalue weighted by Gasteiger charge is -2.32. The molecule has 0 aliphatic carbocycles. The van der Waals surface area contributed by atoms with Gasteiger partial charge in [0.05, 0.1) is 0 Å². The van der Waals surface area contributed by atoms with Crippen LogP contribution >= 0.6 is 11.8 Å². The summed E-state index contributed by atoms with van der Waals surface area (Å²) in [4.78, 5) is 2.16. The quantitative estimate of drug-likeness (QED) is 0.798. The molecule has 1 heterocycles. The summed E-state index contributed by atoms with van der Waals surface area (Å²) in [5, 5.41) is 3.31. The Morgan fingerprint density at radius 2 is 2.18 bits per heavy atom. The van der Waals surface area contributed by atoms with E-state index in [1.165, 1.54) is 6.42 Å². The Balaban J connectivity index is 2.16. The van der Waals surface area contributed by atoms with Crippen LogP contribution in [0.4, 0.5) is 13.2 Å². The lowest BCUT2D eigenvalue weighted by molar-refractivity contribution is -0.0329. The zero-order chi connectivity index (χ0) is 12.7. The van der Waals surface area contributed by atoms with Gasteiger partial charge in [-0.25, -0.2) is 0 Å². The molecule has 2 nitrogen and oxygen atoms in total. The second-order valence-electron chi connectivity index (χ2n) is 4.41. The van der Waals surface area contributed by atoms with Crippen LogP contribution in [0.15, 0.2) is 0 Å². The van der Waals surface area contributed by atoms with Crippen LogP contribution in [0.5, 0.6) is 0 Å². The van der Waals surface area contributed by atoms with E-state index in [2.05, 4.69) is 17.1 Å². The van der Waals surface area contributed by atoms with E-state index in [1.54, 1.807) is 0 Å². The Morgan fingerprint density at radius 1 is 1.41 bits per heavy atom. The maximum Gasteiger partial charge on any atom is 0.441 e. The second kappa shape index (κ2) is 7.48. The molecule has 1 rings (SSSR count). The van der Waals surface area contributed by atoms with Crippen molar-refractivity contribution in [2.24, 2.45) is 5.92 Å². The first-order valence-corrected chi connectivity index (χ1v) is 7.13. The molecular formula is C11H21F3N2S. The van der Waals surface area contributed by atoms with Crippen molar-refractivity contribution in [3.8, 4) is 0 Å². The van der Waals surface area contributed by atoms with E-state index in [0.29, 0.717) is 12.5 Å². The van der Waals surface area contributed by atoms with Crippen LogP contribution in [0.2, 0.25) is 0 Å². The largest absolute Gasteiger partial charge is 0.441 e. The van der Waals surface area contributed by atoms with Gasteiger partial charge in [0, 0.05) is 18.8 Å². The van der Waals surface area contributed by atoms with Crippen molar-refractivity contribution < 1.29 is 13.2 Å². The van der Waals surface area contributed by atoms with Gasteiger partial charge in [-0.05, 0) is 50.2 Å². The number of nitrogens with zero attached hydrogens (tertiary/aromatic N) is 1. The Labute approximate surface area is 105 Å². The van der Waals surface area contributed by atoms with Gasteiger partial charge in [0.1, 0.15) is 0 Å². The highest BCUT2D eigenvalue weighted by molar-refractivity contribution is 8.00. The topological polar surface area (TPSA) is 15.3 Å². The average Bonchev–Trinajstić information content (AvgIpc) is 2.25. The highest BCUT2D eigenvalue weighted by Gasteiger charge is 2.28. The number of rotatable bonds is 6. The molecule has 0 bridgehead atoms. The molecule has 6 heteroatoms. The van der Waals surface area contributed by atoms with Gasteiger partial charge in [-0.3, -0.25) is 0 Å². The maximum absolute atomic E-state index is 12.0. The first kappa shape index (κ1) is 15.1. The molecule has 17 heavy (non-hydrogen) atoms. The third-order valence-corrected chi connectivity index (χ3v) is 3.67. The minimum Gasteiger partial charge on any atom is -0.317 e. The van der Waals surface area contributed by atoms with Crippen LogP contribution in [0.25, 0.3) is 0 Å². The van der Waals surface area contributed by atoms with Crippen molar-refractivity contribution in [1.82, 2.24) is 10.2 Å². The van der Waals surface area contributed by atoms with Crippen molar-refractivity contribution in [1.29, 1.82) is 0 Å². The van der Waals surface area contributed by atoms with Gasteiger partial charge >= 0.3 is 5.51 Å². The lowest BCUT2D eigenvalue weighted by Crippen LogP contribution is -2.40. The van der Waals surface area contributed by atoms with Gasteiger partial charge in [-0.2, -0.15) is 13.2 Å². The molecular weight excluding hydrogens is 249 g/mol. The number of thioether (sulfide) groups is 1. The molecule has 0 amide bonds. The third-order valence-electron chi connectivity index (χ3n) is 2.96. The smallest absolute Gasteiger partial charge is 0.317 e. The van der Waals surface area contributed by atoms with Crippen LogP contribution in [0, 0.1) is 5.92 Å². The number of alkyl halides is 3. The Hall–Kier alpha value is 0.0600. The van der Waals surface area contributed by atoms with Gasteiger partial charge < -0.3 is 10.2 Å². The summed E-state index contributed by atoms with van der Waals surface area (Å²) in [5.74, 6) is 0.747. The molecule has 1 atom stereocenters. The molecule has 0 spiro atoms. The standard InChI is InChI=1S/C11H21F3N2S/c1-2-15-8-10-4-3-5-16(9-10)6-7-17-11(12,13)14/h10,15H,2-9H2,1H3. The first-order valence-electron chi connectivity index (χ1n) is 6.15. The number of piperidine rings is 1. The molecule has 1 fully saturated rings. The zero-order valence-corrected chi connectivity index (χ0v) is 11.0. The summed E-state index contributed by atoms with van der Waals surface area (Å²) in [6, 6.07) is 0. The highest BCUT2D eigenvalue weighted by Crippen LogP contribution is 2.30. The van der Waals surface area contributed by atoms with E-state index in [0.717, 1.165) is 32.6 Å². The Kier molecular flexibility index (Phi) is 6.66. The summed E-state index contributed by atoms with van der Waals surface area (Å²) in [6.07, 6.45) is 2.29. The van der Waals surface area contributed by atoms with Crippen molar-refractivity contribution in [2.45, 2.75) is 25.3 Å². The third kappa shape index (κ3) is 7.16. The molecule has 1 unspecified atom stereocenters. The van der Waals surface area contributed by atoms with Crippen LogP contribution in [-0.2, 0) is 0 Å². The van der Waals surface area contributed by atoms with E-state index in [9.17, 15) is 13.2 Å². The molecule has 1 N–H and O–H groups in total. The van der Waals surface area contributed by atoms with E-state index >= 15 is 0 Å². The van der Waals surface area contributed by atoms with E-state index in [1.807, 2.05) is 0 Å². The fourth-order valence-electron chi connectivity index (χ4n) is 2.16. The van der Waals surface area contributed by atoms with Crippen molar-refractivity contribution in [3.63, 3.8) is 0 Å². The zero-order valence-electron chi connectivity index (χ0n) is 10.2. The molecule has 0 saturated carbocycles. The SMILES string of the molecule is CCNCC1CCCN(CCSC(F)(F)F)C1. The minimum absolute atomic E-state index is 0.0890. The average molecular weight is 270 g/mol. The summed E-state index contributed by atoms with van der Waals surface area (Å²) < 4.78 is 36.0. The summed E-state index contributed by atoms with van der Waals surface area (Å²) >= 11 is 0.0890. The van der Waals surface area contributed by atoms with Crippen LogP contribution in [0.1, 0.15) is 19.8 Å². The van der Waals surface area contributed by atoms with E-state index in [4.69, 9.17) is 0 Å². The summed E-state index contributed by atoms with van der Waals surface area (Å²) in [5.41, 5.74) is -4.08. The van der Waals surface area contributed by atoms with Crippen LogP contribution in [0.3, 0.4) is 0 Å². The molecule has 1 saturated heterocycles. The molecule has 0 aromatic heterocycles. The van der Waals surface area contributed by atoms with Gasteiger partial charge in [0.2, 0.25) is 0 Å². The fraction of sp³-hybridized carbons (Fsp3) is 1.00. The fourth-order valence-corrected chi connectivity index (χ4v) is 2.74. The normalized spacial score (nSPS) is 22.9. The minimum atomic E-state index is -4.08. The number of nitrogens with one attached hydrogen (secondary N) is 1.